The zero-order valence-electron chi connectivity index (χ0n) is 18.9. The lowest BCUT2D eigenvalue weighted by molar-refractivity contribution is -0.177. The summed E-state index contributed by atoms with van der Waals surface area (Å²) in [5.41, 5.74) is 1.25. The second-order valence-electron chi connectivity index (χ2n) is 7.39. The SMILES string of the molecule is CCN(NC(=O)C(F)(F)F)C(=O)N[C@H](C)c1ncc(-c2cc(Cl)cc(F)c2-c2noc(C)n2)cc1F. The van der Waals surface area contributed by atoms with Crippen LogP contribution in [0.25, 0.3) is 22.5 Å². The highest BCUT2D eigenvalue weighted by molar-refractivity contribution is 6.31. The molecule has 0 spiro atoms. The van der Waals surface area contributed by atoms with Crippen molar-refractivity contribution in [2.24, 2.45) is 0 Å². The number of hydrogen-bond donors (Lipinski definition) is 2. The van der Waals surface area contributed by atoms with E-state index in [1.807, 2.05) is 0 Å². The van der Waals surface area contributed by atoms with Crippen LogP contribution in [0.15, 0.2) is 28.9 Å². The van der Waals surface area contributed by atoms with E-state index in [0.717, 1.165) is 12.1 Å². The number of carbonyl (C=O) groups is 2. The molecule has 36 heavy (non-hydrogen) atoms. The summed E-state index contributed by atoms with van der Waals surface area (Å²) in [7, 11) is 0. The number of alkyl halides is 3. The van der Waals surface area contributed by atoms with Crippen molar-refractivity contribution >= 4 is 23.5 Å². The van der Waals surface area contributed by atoms with Gasteiger partial charge in [-0.3, -0.25) is 15.2 Å². The van der Waals surface area contributed by atoms with Crippen molar-refractivity contribution in [3.8, 4) is 22.5 Å². The summed E-state index contributed by atoms with van der Waals surface area (Å²) in [4.78, 5) is 31.4. The molecule has 0 saturated carbocycles. The number of nitrogens with zero attached hydrogens (tertiary/aromatic N) is 4. The predicted molar refractivity (Wildman–Crippen MR) is 116 cm³/mol. The van der Waals surface area contributed by atoms with Crippen molar-refractivity contribution in [1.82, 2.24) is 30.9 Å². The van der Waals surface area contributed by atoms with Gasteiger partial charge in [0.15, 0.2) is 0 Å². The van der Waals surface area contributed by atoms with E-state index in [4.69, 9.17) is 16.1 Å². The normalized spacial score (nSPS) is 12.2. The van der Waals surface area contributed by atoms with Crippen molar-refractivity contribution in [2.45, 2.75) is 33.0 Å². The van der Waals surface area contributed by atoms with Crippen LogP contribution in [0.4, 0.5) is 26.7 Å². The smallest absolute Gasteiger partial charge is 0.339 e. The second-order valence-corrected chi connectivity index (χ2v) is 7.83. The predicted octanol–water partition coefficient (Wildman–Crippen LogP) is 4.72. The van der Waals surface area contributed by atoms with Crippen LogP contribution in [-0.4, -0.2) is 44.8 Å². The lowest BCUT2D eigenvalue weighted by Gasteiger charge is -2.24. The van der Waals surface area contributed by atoms with Crippen molar-refractivity contribution in [3.63, 3.8) is 0 Å². The van der Waals surface area contributed by atoms with E-state index in [0.29, 0.717) is 5.01 Å². The zero-order chi connectivity index (χ0) is 26.8. The Balaban J connectivity index is 1.87. The summed E-state index contributed by atoms with van der Waals surface area (Å²) < 4.78 is 72.1. The number of aromatic nitrogens is 3. The van der Waals surface area contributed by atoms with Gasteiger partial charge in [-0.2, -0.15) is 18.2 Å². The second kappa shape index (κ2) is 10.4. The molecule has 0 aliphatic rings. The number of hydrogen-bond acceptors (Lipinski definition) is 6. The van der Waals surface area contributed by atoms with Gasteiger partial charge in [-0.15, -0.1) is 0 Å². The van der Waals surface area contributed by atoms with Crippen LogP contribution in [-0.2, 0) is 4.79 Å². The fraction of sp³-hybridized carbons (Fsp3) is 0.286. The van der Waals surface area contributed by atoms with E-state index in [1.165, 1.54) is 38.5 Å². The third-order valence-electron chi connectivity index (χ3n) is 4.79. The first-order valence-electron chi connectivity index (χ1n) is 10.2. The van der Waals surface area contributed by atoms with Gasteiger partial charge in [0, 0.05) is 30.3 Å². The monoisotopic (exact) mass is 532 g/mol. The van der Waals surface area contributed by atoms with E-state index in [-0.39, 0.29) is 45.7 Å². The van der Waals surface area contributed by atoms with Crippen molar-refractivity contribution < 1.29 is 36.1 Å². The lowest BCUT2D eigenvalue weighted by Crippen LogP contribution is -2.54. The van der Waals surface area contributed by atoms with Crippen molar-refractivity contribution in [3.05, 3.63) is 52.6 Å². The molecule has 2 N–H and O–H groups in total. The van der Waals surface area contributed by atoms with Crippen molar-refractivity contribution in [2.75, 3.05) is 6.54 Å². The summed E-state index contributed by atoms with van der Waals surface area (Å²) in [6.07, 6.45) is -4.02. The van der Waals surface area contributed by atoms with Crippen LogP contribution in [0.2, 0.25) is 5.02 Å². The Kier molecular flexibility index (Phi) is 7.77. The highest BCUT2D eigenvalue weighted by Gasteiger charge is 2.40. The molecule has 0 fully saturated rings. The third-order valence-corrected chi connectivity index (χ3v) is 5.01. The minimum atomic E-state index is -5.21. The first kappa shape index (κ1) is 26.8. The third kappa shape index (κ3) is 5.87. The van der Waals surface area contributed by atoms with Crippen LogP contribution >= 0.6 is 11.6 Å². The number of carbonyl (C=O) groups excluding carboxylic acids is 2. The molecule has 2 aromatic heterocycles. The topological polar surface area (TPSA) is 113 Å². The molecule has 3 rings (SSSR count). The number of nitrogens with one attached hydrogen (secondary N) is 2. The largest absolute Gasteiger partial charge is 0.472 e. The number of hydrazine groups is 1. The number of rotatable bonds is 5. The molecule has 1 atom stereocenters. The van der Waals surface area contributed by atoms with E-state index in [9.17, 15) is 27.2 Å². The maximum Gasteiger partial charge on any atom is 0.472 e. The minimum absolute atomic E-state index is 0.0112. The van der Waals surface area contributed by atoms with Gasteiger partial charge < -0.3 is 9.84 Å². The number of aryl methyl sites for hydroxylation is 1. The summed E-state index contributed by atoms with van der Waals surface area (Å²) in [5, 5.41) is 6.33. The van der Waals surface area contributed by atoms with E-state index in [1.54, 1.807) is 0 Å². The average molecular weight is 533 g/mol. The molecule has 3 amide bonds. The Labute approximate surface area is 205 Å². The molecule has 0 radical (unpaired) electrons. The Bertz CT molecular complexity index is 1300. The molecule has 0 unspecified atom stereocenters. The lowest BCUT2D eigenvalue weighted by atomic mass is 9.99. The number of pyridine rings is 1. The standard InChI is InChI=1S/C21H18ClF5N6O3/c1-4-33(31-19(34)21(25,26)27)20(35)29-9(2)17-15(24)5-11(8-28-17)13-6-12(22)7-14(23)16(13)18-30-10(3)36-32-18/h5-9H,4H2,1-3H3,(H,29,35)(H,31,34)/t9-/m1/s1. The quantitative estimate of drug-likeness (QED) is 0.363. The Hall–Kier alpha value is -3.81. The minimum Gasteiger partial charge on any atom is -0.339 e. The molecule has 192 valence electrons. The molecule has 15 heteroatoms. The fourth-order valence-corrected chi connectivity index (χ4v) is 3.34. The molecule has 2 heterocycles. The van der Waals surface area contributed by atoms with Gasteiger partial charge in [0.05, 0.1) is 17.3 Å². The van der Waals surface area contributed by atoms with Crippen LogP contribution in [0.1, 0.15) is 31.5 Å². The Morgan fingerprint density at radius 1 is 1.19 bits per heavy atom. The Morgan fingerprint density at radius 3 is 2.44 bits per heavy atom. The summed E-state index contributed by atoms with van der Waals surface area (Å²) >= 11 is 5.98. The van der Waals surface area contributed by atoms with Crippen molar-refractivity contribution in [1.29, 1.82) is 0 Å². The molecule has 0 saturated heterocycles. The van der Waals surface area contributed by atoms with Gasteiger partial charge in [0.25, 0.3) is 0 Å². The first-order chi connectivity index (χ1) is 16.8. The fourth-order valence-electron chi connectivity index (χ4n) is 3.13. The summed E-state index contributed by atoms with van der Waals surface area (Å²) in [6, 6.07) is 1.14. The van der Waals surface area contributed by atoms with Gasteiger partial charge in [0.2, 0.25) is 11.7 Å². The van der Waals surface area contributed by atoms with Crippen LogP contribution in [0.5, 0.6) is 0 Å². The maximum absolute atomic E-state index is 15.0. The van der Waals surface area contributed by atoms with Gasteiger partial charge in [0.1, 0.15) is 11.6 Å². The first-order valence-corrected chi connectivity index (χ1v) is 10.6. The molecular formula is C21H18ClF5N6O3. The zero-order valence-corrected chi connectivity index (χ0v) is 19.6. The highest BCUT2D eigenvalue weighted by Crippen LogP contribution is 2.36. The molecule has 3 aromatic rings. The molecule has 9 nitrogen and oxygen atoms in total. The van der Waals surface area contributed by atoms with Gasteiger partial charge >= 0.3 is 18.1 Å². The number of benzene rings is 1. The van der Waals surface area contributed by atoms with Crippen LogP contribution in [0, 0.1) is 18.6 Å². The van der Waals surface area contributed by atoms with Gasteiger partial charge in [-0.1, -0.05) is 16.8 Å². The van der Waals surface area contributed by atoms with E-state index in [2.05, 4.69) is 20.4 Å². The number of halogens is 6. The molecular weight excluding hydrogens is 515 g/mol. The van der Waals surface area contributed by atoms with E-state index >= 15 is 4.39 Å². The number of urea groups is 1. The Morgan fingerprint density at radius 2 is 1.89 bits per heavy atom. The molecule has 0 bridgehead atoms. The highest BCUT2D eigenvalue weighted by atomic mass is 35.5. The van der Waals surface area contributed by atoms with Gasteiger partial charge in [-0.05, 0) is 37.6 Å². The average Bonchev–Trinajstić information content (AvgIpc) is 3.21. The van der Waals surface area contributed by atoms with E-state index < -0.39 is 35.8 Å². The van der Waals surface area contributed by atoms with Crippen LogP contribution in [0.3, 0.4) is 0 Å². The number of amides is 3. The molecule has 0 aliphatic heterocycles. The summed E-state index contributed by atoms with van der Waals surface area (Å²) in [5.74, 6) is -3.98. The van der Waals surface area contributed by atoms with Gasteiger partial charge in [-0.25, -0.2) is 18.6 Å². The summed E-state index contributed by atoms with van der Waals surface area (Å²) in [6.45, 7) is 3.84. The molecule has 1 aromatic carbocycles. The van der Waals surface area contributed by atoms with Crippen LogP contribution < -0.4 is 10.7 Å². The molecule has 0 aliphatic carbocycles. The maximum atomic E-state index is 15.0.